The van der Waals surface area contributed by atoms with Crippen LogP contribution in [-0.2, 0) is 0 Å². The first-order valence-electron chi connectivity index (χ1n) is 5.09. The van der Waals surface area contributed by atoms with Gasteiger partial charge >= 0.3 is 0 Å². The van der Waals surface area contributed by atoms with E-state index in [2.05, 4.69) is 17.1 Å². The summed E-state index contributed by atoms with van der Waals surface area (Å²) in [6, 6.07) is 14.1. The Morgan fingerprint density at radius 1 is 1.06 bits per heavy atom. The van der Waals surface area contributed by atoms with Gasteiger partial charge in [-0.05, 0) is 22.9 Å². The molecule has 3 rings (SSSR count). The standard InChI is InChI=1S/C13H8ClNOS/c14-12-8-17-13(15-12)16-11-6-5-9-3-1-2-4-10(9)7-11/h1-8H. The fourth-order valence-electron chi connectivity index (χ4n) is 1.62. The maximum atomic E-state index is 5.74. The normalized spacial score (nSPS) is 10.6. The van der Waals surface area contributed by atoms with Gasteiger partial charge in [0.1, 0.15) is 10.9 Å². The van der Waals surface area contributed by atoms with E-state index in [1.165, 1.54) is 16.7 Å². The molecular weight excluding hydrogens is 254 g/mol. The molecule has 0 radical (unpaired) electrons. The van der Waals surface area contributed by atoms with E-state index in [1.54, 1.807) is 5.38 Å². The third-order valence-corrected chi connectivity index (χ3v) is 3.42. The van der Waals surface area contributed by atoms with Gasteiger partial charge in [0, 0.05) is 5.38 Å². The lowest BCUT2D eigenvalue weighted by Gasteiger charge is -2.03. The zero-order valence-electron chi connectivity index (χ0n) is 8.76. The van der Waals surface area contributed by atoms with Gasteiger partial charge in [0.15, 0.2) is 0 Å². The average Bonchev–Trinajstić information content (AvgIpc) is 2.75. The van der Waals surface area contributed by atoms with E-state index in [9.17, 15) is 0 Å². The van der Waals surface area contributed by atoms with E-state index in [0.717, 1.165) is 11.1 Å². The number of aromatic nitrogens is 1. The molecule has 3 aromatic rings. The largest absolute Gasteiger partial charge is 0.431 e. The summed E-state index contributed by atoms with van der Waals surface area (Å²) in [5, 5.41) is 5.11. The highest BCUT2D eigenvalue weighted by molar-refractivity contribution is 7.11. The van der Waals surface area contributed by atoms with Crippen molar-refractivity contribution in [1.29, 1.82) is 0 Å². The molecule has 0 saturated heterocycles. The monoisotopic (exact) mass is 261 g/mol. The molecule has 0 aliphatic rings. The Bertz CT molecular complexity index is 665. The van der Waals surface area contributed by atoms with Crippen LogP contribution >= 0.6 is 22.9 Å². The van der Waals surface area contributed by atoms with Gasteiger partial charge in [-0.3, -0.25) is 0 Å². The lowest BCUT2D eigenvalue weighted by Crippen LogP contribution is -1.83. The number of thiazole rings is 1. The molecule has 0 N–H and O–H groups in total. The fourth-order valence-corrected chi connectivity index (χ4v) is 2.42. The van der Waals surface area contributed by atoms with Crippen LogP contribution in [0.1, 0.15) is 0 Å². The number of halogens is 1. The molecule has 1 aromatic heterocycles. The molecule has 0 amide bonds. The van der Waals surface area contributed by atoms with Crippen molar-refractivity contribution >= 4 is 33.7 Å². The Labute approximate surface area is 107 Å². The fraction of sp³-hybridized carbons (Fsp3) is 0. The summed E-state index contributed by atoms with van der Waals surface area (Å²) in [5.41, 5.74) is 0. The zero-order chi connectivity index (χ0) is 11.7. The molecule has 0 bridgehead atoms. The van der Waals surface area contributed by atoms with Crippen LogP contribution in [0.3, 0.4) is 0 Å². The van der Waals surface area contributed by atoms with Crippen molar-refractivity contribution < 1.29 is 4.74 Å². The maximum absolute atomic E-state index is 5.74. The summed E-state index contributed by atoms with van der Waals surface area (Å²) >= 11 is 7.13. The highest BCUT2D eigenvalue weighted by atomic mass is 35.5. The molecule has 0 fully saturated rings. The average molecular weight is 262 g/mol. The molecule has 0 spiro atoms. The van der Waals surface area contributed by atoms with Crippen LogP contribution in [0.5, 0.6) is 10.9 Å². The van der Waals surface area contributed by atoms with Crippen molar-refractivity contribution in [3.63, 3.8) is 0 Å². The number of hydrogen-bond acceptors (Lipinski definition) is 3. The first kappa shape index (κ1) is 10.6. The highest BCUT2D eigenvalue weighted by Crippen LogP contribution is 2.29. The van der Waals surface area contributed by atoms with Crippen molar-refractivity contribution in [3.05, 3.63) is 53.0 Å². The number of fused-ring (bicyclic) bond motifs is 1. The summed E-state index contributed by atoms with van der Waals surface area (Å²) in [6.45, 7) is 0. The van der Waals surface area contributed by atoms with Crippen LogP contribution in [0.4, 0.5) is 0 Å². The molecule has 0 aliphatic heterocycles. The smallest absolute Gasteiger partial charge is 0.280 e. The molecule has 0 saturated carbocycles. The van der Waals surface area contributed by atoms with Crippen LogP contribution in [-0.4, -0.2) is 4.98 Å². The predicted molar refractivity (Wildman–Crippen MR) is 71.1 cm³/mol. The van der Waals surface area contributed by atoms with E-state index < -0.39 is 0 Å². The molecule has 0 unspecified atom stereocenters. The summed E-state index contributed by atoms with van der Waals surface area (Å²) in [6.07, 6.45) is 0. The molecule has 4 heteroatoms. The number of hydrogen-bond donors (Lipinski definition) is 0. The number of benzene rings is 2. The van der Waals surface area contributed by atoms with Gasteiger partial charge < -0.3 is 4.74 Å². The number of rotatable bonds is 2. The Hall–Kier alpha value is -1.58. The van der Waals surface area contributed by atoms with Gasteiger partial charge in [-0.2, -0.15) is 4.98 Å². The maximum Gasteiger partial charge on any atom is 0.280 e. The van der Waals surface area contributed by atoms with Gasteiger partial charge in [0.2, 0.25) is 0 Å². The van der Waals surface area contributed by atoms with Gasteiger partial charge in [-0.25, -0.2) is 0 Å². The Kier molecular flexibility index (Phi) is 2.71. The first-order valence-corrected chi connectivity index (χ1v) is 6.35. The van der Waals surface area contributed by atoms with E-state index in [0.29, 0.717) is 10.3 Å². The second kappa shape index (κ2) is 4.35. The van der Waals surface area contributed by atoms with Crippen LogP contribution < -0.4 is 4.74 Å². The minimum atomic E-state index is 0.464. The molecule has 0 atom stereocenters. The topological polar surface area (TPSA) is 22.1 Å². The van der Waals surface area contributed by atoms with Gasteiger partial charge in [-0.15, -0.1) is 0 Å². The van der Waals surface area contributed by atoms with Crippen molar-refractivity contribution in [2.75, 3.05) is 0 Å². The minimum Gasteiger partial charge on any atom is -0.431 e. The quantitative estimate of drug-likeness (QED) is 0.665. The third-order valence-electron chi connectivity index (χ3n) is 2.38. The molecule has 1 heterocycles. The second-order valence-corrected chi connectivity index (χ2v) is 4.76. The summed E-state index contributed by atoms with van der Waals surface area (Å²) in [7, 11) is 0. The van der Waals surface area contributed by atoms with E-state index >= 15 is 0 Å². The van der Waals surface area contributed by atoms with E-state index in [1.807, 2.05) is 30.3 Å². The van der Waals surface area contributed by atoms with Crippen LogP contribution in [0, 0.1) is 0 Å². The summed E-state index contributed by atoms with van der Waals surface area (Å²) in [4.78, 5) is 4.05. The van der Waals surface area contributed by atoms with Gasteiger partial charge in [-0.1, -0.05) is 53.3 Å². The Morgan fingerprint density at radius 2 is 1.88 bits per heavy atom. The minimum absolute atomic E-state index is 0.464. The zero-order valence-corrected chi connectivity index (χ0v) is 10.3. The SMILES string of the molecule is Clc1csc(Oc2ccc3ccccc3c2)n1. The lowest BCUT2D eigenvalue weighted by molar-refractivity contribution is 0.479. The Balaban J connectivity index is 1.95. The number of nitrogens with zero attached hydrogens (tertiary/aromatic N) is 1. The molecule has 0 aliphatic carbocycles. The van der Waals surface area contributed by atoms with Crippen molar-refractivity contribution in [3.8, 4) is 10.9 Å². The van der Waals surface area contributed by atoms with Gasteiger partial charge in [0.25, 0.3) is 5.19 Å². The third kappa shape index (κ3) is 2.25. The van der Waals surface area contributed by atoms with E-state index in [4.69, 9.17) is 16.3 Å². The summed E-state index contributed by atoms with van der Waals surface area (Å²) in [5.74, 6) is 0.773. The van der Waals surface area contributed by atoms with Crippen molar-refractivity contribution in [1.82, 2.24) is 4.98 Å². The van der Waals surface area contributed by atoms with Gasteiger partial charge in [0.05, 0.1) is 0 Å². The second-order valence-electron chi connectivity index (χ2n) is 3.55. The predicted octanol–water partition coefficient (Wildman–Crippen LogP) is 4.74. The van der Waals surface area contributed by atoms with Crippen molar-refractivity contribution in [2.45, 2.75) is 0 Å². The molecule has 17 heavy (non-hydrogen) atoms. The molecule has 84 valence electrons. The molecular formula is C13H8ClNOS. The molecule has 2 aromatic carbocycles. The van der Waals surface area contributed by atoms with E-state index in [-0.39, 0.29) is 0 Å². The Morgan fingerprint density at radius 3 is 2.65 bits per heavy atom. The summed E-state index contributed by atoms with van der Waals surface area (Å²) < 4.78 is 5.63. The lowest BCUT2D eigenvalue weighted by atomic mass is 10.1. The first-order chi connectivity index (χ1) is 8.31. The van der Waals surface area contributed by atoms with Crippen LogP contribution in [0.2, 0.25) is 5.15 Å². The van der Waals surface area contributed by atoms with Crippen LogP contribution in [0.15, 0.2) is 47.8 Å². The van der Waals surface area contributed by atoms with Crippen LogP contribution in [0.25, 0.3) is 10.8 Å². The van der Waals surface area contributed by atoms with Crippen molar-refractivity contribution in [2.24, 2.45) is 0 Å². The molecule has 2 nitrogen and oxygen atoms in total. The number of ether oxygens (including phenoxy) is 1. The highest BCUT2D eigenvalue weighted by Gasteiger charge is 2.03.